The van der Waals surface area contributed by atoms with Crippen LogP contribution in [-0.2, 0) is 17.9 Å². The van der Waals surface area contributed by atoms with E-state index in [4.69, 9.17) is 4.74 Å². The first-order valence-electron chi connectivity index (χ1n) is 10.3. The standard InChI is InChI=1S/C23H26N4O2S/c1-3-27-21(18-9-10-18)25-26-23(27)30-16(2)22(28)24-19-11-13-20(14-12-19)29-15-17-7-5-4-6-8-17/h4-8,11-14,16,18H,3,9-10,15H2,1-2H3,(H,24,28)/t16-/m1/s1. The van der Waals surface area contributed by atoms with E-state index in [-0.39, 0.29) is 11.2 Å². The van der Waals surface area contributed by atoms with Crippen LogP contribution >= 0.6 is 11.8 Å². The molecule has 6 nitrogen and oxygen atoms in total. The second-order valence-corrected chi connectivity index (χ2v) is 8.72. The minimum absolute atomic E-state index is 0.0587. The Morgan fingerprint density at radius 1 is 1.17 bits per heavy atom. The number of hydrogen-bond acceptors (Lipinski definition) is 5. The van der Waals surface area contributed by atoms with Crippen LogP contribution in [0.25, 0.3) is 0 Å². The fraction of sp³-hybridized carbons (Fsp3) is 0.348. The van der Waals surface area contributed by atoms with E-state index in [1.165, 1.54) is 24.6 Å². The van der Waals surface area contributed by atoms with Crippen LogP contribution in [-0.4, -0.2) is 25.9 Å². The van der Waals surface area contributed by atoms with Crippen molar-refractivity contribution in [1.29, 1.82) is 0 Å². The molecule has 30 heavy (non-hydrogen) atoms. The summed E-state index contributed by atoms with van der Waals surface area (Å²) in [5.74, 6) is 2.30. The maximum atomic E-state index is 12.6. The number of amides is 1. The third-order valence-electron chi connectivity index (χ3n) is 5.03. The van der Waals surface area contributed by atoms with Gasteiger partial charge in [-0.3, -0.25) is 4.79 Å². The third kappa shape index (κ3) is 5.02. The molecular weight excluding hydrogens is 396 g/mol. The first-order chi connectivity index (χ1) is 14.6. The molecule has 0 spiro atoms. The van der Waals surface area contributed by atoms with Gasteiger partial charge in [0, 0.05) is 18.2 Å². The van der Waals surface area contributed by atoms with Gasteiger partial charge in [0.1, 0.15) is 18.2 Å². The lowest BCUT2D eigenvalue weighted by molar-refractivity contribution is -0.115. The predicted molar refractivity (Wildman–Crippen MR) is 119 cm³/mol. The Balaban J connectivity index is 1.31. The van der Waals surface area contributed by atoms with Crippen molar-refractivity contribution in [2.24, 2.45) is 0 Å². The van der Waals surface area contributed by atoms with E-state index in [1.807, 2.05) is 61.5 Å². The highest BCUT2D eigenvalue weighted by Gasteiger charge is 2.30. The average Bonchev–Trinajstić information content (AvgIpc) is 3.54. The molecule has 1 N–H and O–H groups in total. The molecule has 2 aromatic carbocycles. The van der Waals surface area contributed by atoms with Crippen LogP contribution in [0.5, 0.6) is 5.75 Å². The summed E-state index contributed by atoms with van der Waals surface area (Å²) in [5, 5.41) is 12.2. The summed E-state index contributed by atoms with van der Waals surface area (Å²) in [4.78, 5) is 12.6. The zero-order valence-corrected chi connectivity index (χ0v) is 18.1. The predicted octanol–water partition coefficient (Wildman–Crippen LogP) is 4.87. The van der Waals surface area contributed by atoms with Crippen LogP contribution in [0.3, 0.4) is 0 Å². The van der Waals surface area contributed by atoms with Gasteiger partial charge in [-0.15, -0.1) is 10.2 Å². The van der Waals surface area contributed by atoms with Crippen LogP contribution in [0.4, 0.5) is 5.69 Å². The highest BCUT2D eigenvalue weighted by molar-refractivity contribution is 8.00. The van der Waals surface area contributed by atoms with Crippen molar-refractivity contribution in [3.05, 3.63) is 66.0 Å². The van der Waals surface area contributed by atoms with E-state index in [2.05, 4.69) is 27.0 Å². The molecule has 1 aromatic heterocycles. The number of benzene rings is 2. The second kappa shape index (κ2) is 9.34. The lowest BCUT2D eigenvalue weighted by atomic mass is 10.2. The molecule has 1 heterocycles. The largest absolute Gasteiger partial charge is 0.489 e. The maximum absolute atomic E-state index is 12.6. The van der Waals surface area contributed by atoms with Crippen molar-refractivity contribution >= 4 is 23.4 Å². The second-order valence-electron chi connectivity index (χ2n) is 7.41. The van der Waals surface area contributed by atoms with E-state index >= 15 is 0 Å². The van der Waals surface area contributed by atoms with Gasteiger partial charge >= 0.3 is 0 Å². The number of nitrogens with one attached hydrogen (secondary N) is 1. The van der Waals surface area contributed by atoms with Crippen molar-refractivity contribution in [2.45, 2.75) is 56.2 Å². The van der Waals surface area contributed by atoms with Crippen LogP contribution in [0.1, 0.15) is 44.0 Å². The van der Waals surface area contributed by atoms with Crippen LogP contribution in [0, 0.1) is 0 Å². The molecule has 156 valence electrons. The topological polar surface area (TPSA) is 69.0 Å². The normalized spacial score (nSPS) is 14.3. The van der Waals surface area contributed by atoms with Crippen molar-refractivity contribution < 1.29 is 9.53 Å². The lowest BCUT2D eigenvalue weighted by Crippen LogP contribution is -2.23. The van der Waals surface area contributed by atoms with E-state index < -0.39 is 0 Å². The molecule has 3 aromatic rings. The van der Waals surface area contributed by atoms with Crippen molar-refractivity contribution in [3.8, 4) is 5.75 Å². The van der Waals surface area contributed by atoms with E-state index in [9.17, 15) is 4.79 Å². The molecule has 1 aliphatic rings. The van der Waals surface area contributed by atoms with E-state index in [0.29, 0.717) is 12.5 Å². The first kappa shape index (κ1) is 20.5. The highest BCUT2D eigenvalue weighted by atomic mass is 32.2. The molecule has 1 amide bonds. The summed E-state index contributed by atoms with van der Waals surface area (Å²) in [6.07, 6.45) is 2.37. The minimum atomic E-state index is -0.277. The van der Waals surface area contributed by atoms with Gasteiger partial charge in [-0.1, -0.05) is 42.1 Å². The van der Waals surface area contributed by atoms with E-state index in [0.717, 1.165) is 34.5 Å². The molecule has 1 aliphatic carbocycles. The molecule has 0 unspecified atom stereocenters. The Morgan fingerprint density at radius 2 is 1.90 bits per heavy atom. The molecule has 0 saturated heterocycles. The molecule has 4 rings (SSSR count). The molecule has 0 radical (unpaired) electrons. The number of rotatable bonds is 9. The van der Waals surface area contributed by atoms with Crippen molar-refractivity contribution in [2.75, 3.05) is 5.32 Å². The van der Waals surface area contributed by atoms with Gasteiger partial charge in [0.05, 0.1) is 5.25 Å². The van der Waals surface area contributed by atoms with Gasteiger partial charge in [0.15, 0.2) is 5.16 Å². The number of ether oxygens (including phenoxy) is 1. The molecule has 1 atom stereocenters. The maximum Gasteiger partial charge on any atom is 0.237 e. The zero-order valence-electron chi connectivity index (χ0n) is 17.2. The number of anilines is 1. The average molecular weight is 423 g/mol. The van der Waals surface area contributed by atoms with Gasteiger partial charge in [0.2, 0.25) is 5.91 Å². The summed E-state index contributed by atoms with van der Waals surface area (Å²) in [7, 11) is 0. The van der Waals surface area contributed by atoms with Gasteiger partial charge in [-0.05, 0) is 56.5 Å². The number of hydrogen-bond donors (Lipinski definition) is 1. The Kier molecular flexibility index (Phi) is 6.38. The summed E-state index contributed by atoms with van der Waals surface area (Å²) in [5.41, 5.74) is 1.86. The number of aromatic nitrogens is 3. The zero-order chi connectivity index (χ0) is 20.9. The molecule has 1 fully saturated rings. The highest BCUT2D eigenvalue weighted by Crippen LogP contribution is 2.40. The molecular formula is C23H26N4O2S. The molecule has 0 aliphatic heterocycles. The lowest BCUT2D eigenvalue weighted by Gasteiger charge is -2.13. The summed E-state index contributed by atoms with van der Waals surface area (Å²) in [6.45, 7) is 5.31. The van der Waals surface area contributed by atoms with Gasteiger partial charge in [-0.2, -0.15) is 0 Å². The number of carbonyl (C=O) groups is 1. The number of thioether (sulfide) groups is 1. The minimum Gasteiger partial charge on any atom is -0.489 e. The van der Waals surface area contributed by atoms with Crippen molar-refractivity contribution in [1.82, 2.24) is 14.8 Å². The summed E-state index contributed by atoms with van der Waals surface area (Å²) >= 11 is 1.45. The van der Waals surface area contributed by atoms with Gasteiger partial charge in [-0.25, -0.2) is 0 Å². The SMILES string of the molecule is CCn1c(S[C@H](C)C(=O)Nc2ccc(OCc3ccccc3)cc2)nnc1C1CC1. The van der Waals surface area contributed by atoms with Gasteiger partial charge in [0.25, 0.3) is 0 Å². The van der Waals surface area contributed by atoms with Crippen LogP contribution in [0.15, 0.2) is 59.8 Å². The first-order valence-corrected chi connectivity index (χ1v) is 11.2. The number of carbonyl (C=O) groups excluding carboxylic acids is 1. The number of nitrogens with zero attached hydrogens (tertiary/aromatic N) is 3. The Labute approximate surface area is 181 Å². The quantitative estimate of drug-likeness (QED) is 0.498. The van der Waals surface area contributed by atoms with Gasteiger partial charge < -0.3 is 14.6 Å². The van der Waals surface area contributed by atoms with Crippen LogP contribution in [0.2, 0.25) is 0 Å². The monoisotopic (exact) mass is 422 g/mol. The molecule has 7 heteroatoms. The fourth-order valence-electron chi connectivity index (χ4n) is 3.16. The van der Waals surface area contributed by atoms with E-state index in [1.54, 1.807) is 0 Å². The Hall–Kier alpha value is -2.80. The summed E-state index contributed by atoms with van der Waals surface area (Å²) in [6, 6.07) is 17.5. The Morgan fingerprint density at radius 3 is 2.57 bits per heavy atom. The van der Waals surface area contributed by atoms with Crippen molar-refractivity contribution in [3.63, 3.8) is 0 Å². The van der Waals surface area contributed by atoms with Crippen LogP contribution < -0.4 is 10.1 Å². The third-order valence-corrected chi connectivity index (χ3v) is 6.11. The smallest absolute Gasteiger partial charge is 0.237 e. The summed E-state index contributed by atoms with van der Waals surface area (Å²) < 4.78 is 7.93. The molecule has 1 saturated carbocycles. The fourth-order valence-corrected chi connectivity index (χ4v) is 4.08. The molecule has 0 bridgehead atoms. The Bertz CT molecular complexity index is 984.